The van der Waals surface area contributed by atoms with E-state index in [1.807, 2.05) is 0 Å². The van der Waals surface area contributed by atoms with Crippen molar-refractivity contribution in [2.45, 2.75) is 13.3 Å². The molecule has 0 aliphatic heterocycles. The monoisotopic (exact) mass is 207 g/mol. The molecule has 0 aromatic heterocycles. The highest BCUT2D eigenvalue weighted by Crippen LogP contribution is 2.15. The molecule has 0 amide bonds. The lowest BCUT2D eigenvalue weighted by molar-refractivity contribution is 0.501. The zero-order chi connectivity index (χ0) is 9.14. The molecule has 1 aromatic rings. The summed E-state index contributed by atoms with van der Waals surface area (Å²) in [7, 11) is 0. The van der Waals surface area contributed by atoms with Crippen LogP contribution in [0.4, 0.5) is 8.78 Å². The maximum Gasteiger partial charge on any atom is 0.161 e. The molecular weight excluding hydrogens is 196 g/mol. The van der Waals surface area contributed by atoms with Gasteiger partial charge in [-0.05, 0) is 37.1 Å². The minimum absolute atomic E-state index is 0. The number of hydrogen-bond acceptors (Lipinski definition) is 1. The quantitative estimate of drug-likeness (QED) is 0.791. The van der Waals surface area contributed by atoms with Gasteiger partial charge in [-0.2, -0.15) is 0 Å². The van der Waals surface area contributed by atoms with E-state index in [4.69, 9.17) is 5.73 Å². The Hall–Kier alpha value is -0.670. The van der Waals surface area contributed by atoms with Crippen LogP contribution in [0.3, 0.4) is 0 Å². The molecule has 1 rings (SSSR count). The number of hydrogen-bond donors (Lipinski definition) is 1. The van der Waals surface area contributed by atoms with Gasteiger partial charge in [0.1, 0.15) is 0 Å². The molecule has 0 spiro atoms. The summed E-state index contributed by atoms with van der Waals surface area (Å²) >= 11 is 0. The van der Waals surface area contributed by atoms with Crippen molar-refractivity contribution >= 4 is 12.4 Å². The Morgan fingerprint density at radius 3 is 2.46 bits per heavy atom. The molecule has 2 N–H and O–H groups in total. The SMILES string of the molecule is Cc1c(CCN)ccc(F)c1F.Cl. The van der Waals surface area contributed by atoms with Gasteiger partial charge in [0, 0.05) is 0 Å². The van der Waals surface area contributed by atoms with E-state index >= 15 is 0 Å². The summed E-state index contributed by atoms with van der Waals surface area (Å²) in [5, 5.41) is 0. The summed E-state index contributed by atoms with van der Waals surface area (Å²) in [6.07, 6.45) is 0.586. The second kappa shape index (κ2) is 5.14. The molecule has 0 radical (unpaired) electrons. The topological polar surface area (TPSA) is 26.0 Å². The second-order valence-corrected chi connectivity index (χ2v) is 2.68. The Balaban J connectivity index is 0.00000144. The fraction of sp³-hybridized carbons (Fsp3) is 0.333. The fourth-order valence-corrected chi connectivity index (χ4v) is 1.12. The van der Waals surface area contributed by atoms with Gasteiger partial charge in [-0.25, -0.2) is 8.78 Å². The van der Waals surface area contributed by atoms with E-state index in [1.165, 1.54) is 0 Å². The van der Waals surface area contributed by atoms with Crippen molar-refractivity contribution in [3.05, 3.63) is 34.9 Å². The molecule has 0 aliphatic rings. The summed E-state index contributed by atoms with van der Waals surface area (Å²) < 4.78 is 25.5. The molecule has 1 nitrogen and oxygen atoms in total. The molecule has 1 aromatic carbocycles. The van der Waals surface area contributed by atoms with Crippen molar-refractivity contribution in [3.63, 3.8) is 0 Å². The molecule has 13 heavy (non-hydrogen) atoms. The van der Waals surface area contributed by atoms with Gasteiger partial charge in [-0.3, -0.25) is 0 Å². The van der Waals surface area contributed by atoms with E-state index < -0.39 is 11.6 Å². The van der Waals surface area contributed by atoms with E-state index in [2.05, 4.69) is 0 Å². The third kappa shape index (κ3) is 2.64. The Bertz CT molecular complexity index is 289. The number of rotatable bonds is 2. The Morgan fingerprint density at radius 1 is 1.31 bits per heavy atom. The van der Waals surface area contributed by atoms with Crippen LogP contribution in [0.2, 0.25) is 0 Å². The average Bonchev–Trinajstić information content (AvgIpc) is 2.07. The normalized spacial score (nSPS) is 9.54. The minimum atomic E-state index is -0.798. The van der Waals surface area contributed by atoms with E-state index in [1.54, 1.807) is 13.0 Å². The molecular formula is C9H12ClF2N. The van der Waals surface area contributed by atoms with Gasteiger partial charge in [-0.15, -0.1) is 12.4 Å². The summed E-state index contributed by atoms with van der Waals surface area (Å²) in [6.45, 7) is 2.01. The van der Waals surface area contributed by atoms with Crippen LogP contribution >= 0.6 is 12.4 Å². The lowest BCUT2D eigenvalue weighted by atomic mass is 10.1. The van der Waals surface area contributed by atoms with Crippen LogP contribution in [0.1, 0.15) is 11.1 Å². The number of benzene rings is 1. The van der Waals surface area contributed by atoms with Gasteiger partial charge in [0.05, 0.1) is 0 Å². The predicted octanol–water partition coefficient (Wildman–Crippen LogP) is 2.20. The van der Waals surface area contributed by atoms with Crippen LogP contribution in [-0.2, 0) is 6.42 Å². The Labute approximate surface area is 82.4 Å². The lowest BCUT2D eigenvalue weighted by Crippen LogP contribution is -2.05. The zero-order valence-corrected chi connectivity index (χ0v) is 8.13. The van der Waals surface area contributed by atoms with Crippen LogP contribution in [0.25, 0.3) is 0 Å². The number of nitrogens with two attached hydrogens (primary N) is 1. The average molecular weight is 208 g/mol. The van der Waals surface area contributed by atoms with Crippen LogP contribution in [0.5, 0.6) is 0 Å². The van der Waals surface area contributed by atoms with Crippen molar-refractivity contribution in [1.82, 2.24) is 0 Å². The highest BCUT2D eigenvalue weighted by Gasteiger charge is 2.07. The Morgan fingerprint density at radius 2 is 1.92 bits per heavy atom. The number of halogens is 3. The third-order valence-corrected chi connectivity index (χ3v) is 1.87. The predicted molar refractivity (Wildman–Crippen MR) is 51.1 cm³/mol. The molecule has 0 heterocycles. The highest BCUT2D eigenvalue weighted by molar-refractivity contribution is 5.85. The van der Waals surface area contributed by atoms with E-state index in [9.17, 15) is 8.78 Å². The van der Waals surface area contributed by atoms with Gasteiger partial charge >= 0.3 is 0 Å². The van der Waals surface area contributed by atoms with Gasteiger partial charge in [0.15, 0.2) is 11.6 Å². The molecule has 0 saturated carbocycles. The molecule has 0 saturated heterocycles. The minimum Gasteiger partial charge on any atom is -0.330 e. The van der Waals surface area contributed by atoms with Crippen molar-refractivity contribution in [3.8, 4) is 0 Å². The van der Waals surface area contributed by atoms with Crippen molar-refractivity contribution < 1.29 is 8.78 Å². The zero-order valence-electron chi connectivity index (χ0n) is 7.31. The molecule has 0 aliphatic carbocycles. The standard InChI is InChI=1S/C9H11F2N.ClH/c1-6-7(4-5-12)2-3-8(10)9(6)11;/h2-3H,4-5,12H2,1H3;1H. The molecule has 0 fully saturated rings. The van der Waals surface area contributed by atoms with Crippen molar-refractivity contribution in [1.29, 1.82) is 0 Å². The lowest BCUT2D eigenvalue weighted by Gasteiger charge is -2.05. The molecule has 0 bridgehead atoms. The van der Waals surface area contributed by atoms with Gasteiger partial charge in [-0.1, -0.05) is 6.07 Å². The first-order valence-electron chi connectivity index (χ1n) is 3.80. The van der Waals surface area contributed by atoms with E-state index in [0.29, 0.717) is 18.5 Å². The Kier molecular flexibility index (Phi) is 4.88. The summed E-state index contributed by atoms with van der Waals surface area (Å²) in [5.74, 6) is -1.56. The smallest absolute Gasteiger partial charge is 0.161 e. The maximum atomic E-state index is 12.9. The summed E-state index contributed by atoms with van der Waals surface area (Å²) in [5.41, 5.74) is 6.44. The summed E-state index contributed by atoms with van der Waals surface area (Å²) in [6, 6.07) is 2.70. The van der Waals surface area contributed by atoms with Crippen LogP contribution in [0.15, 0.2) is 12.1 Å². The molecule has 74 valence electrons. The third-order valence-electron chi connectivity index (χ3n) is 1.87. The van der Waals surface area contributed by atoms with Gasteiger partial charge in [0.25, 0.3) is 0 Å². The summed E-state index contributed by atoms with van der Waals surface area (Å²) in [4.78, 5) is 0. The van der Waals surface area contributed by atoms with E-state index in [0.717, 1.165) is 11.6 Å². The maximum absolute atomic E-state index is 12.9. The van der Waals surface area contributed by atoms with Crippen LogP contribution < -0.4 is 5.73 Å². The van der Waals surface area contributed by atoms with E-state index in [-0.39, 0.29) is 12.4 Å². The fourth-order valence-electron chi connectivity index (χ4n) is 1.12. The van der Waals surface area contributed by atoms with Crippen molar-refractivity contribution in [2.75, 3.05) is 6.54 Å². The largest absolute Gasteiger partial charge is 0.330 e. The van der Waals surface area contributed by atoms with Crippen molar-refractivity contribution in [2.24, 2.45) is 5.73 Å². The molecule has 4 heteroatoms. The van der Waals surface area contributed by atoms with Gasteiger partial charge in [0.2, 0.25) is 0 Å². The van der Waals surface area contributed by atoms with Crippen LogP contribution in [0, 0.1) is 18.6 Å². The highest BCUT2D eigenvalue weighted by atomic mass is 35.5. The first-order chi connectivity index (χ1) is 5.66. The first kappa shape index (κ1) is 12.3. The van der Waals surface area contributed by atoms with Crippen LogP contribution in [-0.4, -0.2) is 6.54 Å². The second-order valence-electron chi connectivity index (χ2n) is 2.68. The molecule has 0 atom stereocenters. The first-order valence-corrected chi connectivity index (χ1v) is 3.80. The van der Waals surface area contributed by atoms with Gasteiger partial charge < -0.3 is 5.73 Å². The molecule has 0 unspecified atom stereocenters.